The molecule has 2 aromatic carbocycles. The maximum Gasteiger partial charge on any atom is 0.123 e. The first-order valence-electron chi connectivity index (χ1n) is 6.68. The van der Waals surface area contributed by atoms with E-state index < -0.39 is 0 Å². The molecule has 3 aromatic rings. The average molecular weight is 297 g/mol. The van der Waals surface area contributed by atoms with Crippen LogP contribution >= 0.6 is 11.3 Å². The molecule has 3 nitrogen and oxygen atoms in total. The highest BCUT2D eigenvalue weighted by molar-refractivity contribution is 7.15. The molecule has 0 saturated carbocycles. The fourth-order valence-corrected chi connectivity index (χ4v) is 2.73. The SMILES string of the molecule is OCc1cnc(-c2ccc(OCc3ccccc3)cc2)s1. The van der Waals surface area contributed by atoms with Gasteiger partial charge in [-0.2, -0.15) is 0 Å². The zero-order chi connectivity index (χ0) is 14.5. The van der Waals surface area contributed by atoms with Crippen LogP contribution in [0, 0.1) is 0 Å². The number of aromatic nitrogens is 1. The summed E-state index contributed by atoms with van der Waals surface area (Å²) < 4.78 is 5.75. The van der Waals surface area contributed by atoms with Crippen LogP contribution in [0.15, 0.2) is 60.8 Å². The second-order valence-corrected chi connectivity index (χ2v) is 5.70. The maximum atomic E-state index is 9.07. The molecule has 1 heterocycles. The standard InChI is InChI=1S/C17H15NO2S/c19-11-16-10-18-17(21-16)14-6-8-15(9-7-14)20-12-13-4-2-1-3-5-13/h1-10,19H,11-12H2. The summed E-state index contributed by atoms with van der Waals surface area (Å²) in [6.07, 6.45) is 1.71. The molecule has 0 unspecified atom stereocenters. The minimum absolute atomic E-state index is 0.0376. The van der Waals surface area contributed by atoms with Crippen LogP contribution in [-0.4, -0.2) is 10.1 Å². The molecule has 1 N–H and O–H groups in total. The Labute approximate surface area is 127 Å². The number of hydrogen-bond acceptors (Lipinski definition) is 4. The van der Waals surface area contributed by atoms with Crippen molar-refractivity contribution in [1.82, 2.24) is 4.98 Å². The lowest BCUT2D eigenvalue weighted by molar-refractivity contribution is 0.285. The first kappa shape index (κ1) is 13.8. The molecule has 0 aliphatic heterocycles. The second-order valence-electron chi connectivity index (χ2n) is 4.59. The molecular weight excluding hydrogens is 282 g/mol. The Morgan fingerprint density at radius 2 is 1.76 bits per heavy atom. The van der Waals surface area contributed by atoms with Crippen LogP contribution in [0.5, 0.6) is 5.75 Å². The molecule has 3 rings (SSSR count). The zero-order valence-corrected chi connectivity index (χ0v) is 12.2. The summed E-state index contributed by atoms with van der Waals surface area (Å²) in [4.78, 5) is 5.17. The van der Waals surface area contributed by atoms with Crippen LogP contribution in [0.2, 0.25) is 0 Å². The molecule has 0 fully saturated rings. The Morgan fingerprint density at radius 1 is 1.00 bits per heavy atom. The van der Waals surface area contributed by atoms with Crippen molar-refractivity contribution in [2.45, 2.75) is 13.2 Å². The molecule has 0 aliphatic carbocycles. The second kappa shape index (κ2) is 6.52. The highest BCUT2D eigenvalue weighted by Crippen LogP contribution is 2.27. The third-order valence-electron chi connectivity index (χ3n) is 3.06. The number of thiazole rings is 1. The molecule has 0 aliphatic rings. The molecule has 21 heavy (non-hydrogen) atoms. The Hall–Kier alpha value is -2.17. The monoisotopic (exact) mass is 297 g/mol. The summed E-state index contributed by atoms with van der Waals surface area (Å²) in [7, 11) is 0. The third-order valence-corrected chi connectivity index (χ3v) is 4.09. The van der Waals surface area contributed by atoms with Crippen LogP contribution in [-0.2, 0) is 13.2 Å². The van der Waals surface area contributed by atoms with Crippen molar-refractivity contribution < 1.29 is 9.84 Å². The molecule has 4 heteroatoms. The molecule has 0 bridgehead atoms. The summed E-state index contributed by atoms with van der Waals surface area (Å²) in [6, 6.07) is 17.9. The normalized spacial score (nSPS) is 10.5. The minimum Gasteiger partial charge on any atom is -0.489 e. The van der Waals surface area contributed by atoms with Gasteiger partial charge in [-0.05, 0) is 29.8 Å². The zero-order valence-electron chi connectivity index (χ0n) is 11.4. The highest BCUT2D eigenvalue weighted by atomic mass is 32.1. The van der Waals surface area contributed by atoms with Gasteiger partial charge >= 0.3 is 0 Å². The number of ether oxygens (including phenoxy) is 1. The van der Waals surface area contributed by atoms with Gasteiger partial charge in [0.15, 0.2) is 0 Å². The predicted octanol–water partition coefficient (Wildman–Crippen LogP) is 3.88. The van der Waals surface area contributed by atoms with Gasteiger partial charge in [-0.25, -0.2) is 4.98 Å². The van der Waals surface area contributed by atoms with Gasteiger partial charge in [0.25, 0.3) is 0 Å². The van der Waals surface area contributed by atoms with Gasteiger partial charge in [-0.1, -0.05) is 30.3 Å². The number of benzene rings is 2. The van der Waals surface area contributed by atoms with E-state index in [-0.39, 0.29) is 6.61 Å². The Morgan fingerprint density at radius 3 is 2.43 bits per heavy atom. The van der Waals surface area contributed by atoms with E-state index in [0.29, 0.717) is 6.61 Å². The van der Waals surface area contributed by atoms with Crippen molar-refractivity contribution in [1.29, 1.82) is 0 Å². The lowest BCUT2D eigenvalue weighted by Gasteiger charge is -2.06. The number of aliphatic hydroxyl groups is 1. The van der Waals surface area contributed by atoms with Crippen LogP contribution in [0.1, 0.15) is 10.4 Å². The average Bonchev–Trinajstić information content (AvgIpc) is 3.03. The molecule has 0 amide bonds. The lowest BCUT2D eigenvalue weighted by Crippen LogP contribution is -1.94. The van der Waals surface area contributed by atoms with Gasteiger partial charge in [0.05, 0.1) is 11.5 Å². The molecule has 0 saturated heterocycles. The summed E-state index contributed by atoms with van der Waals surface area (Å²) in [5.74, 6) is 0.835. The molecule has 106 valence electrons. The number of rotatable bonds is 5. The summed E-state index contributed by atoms with van der Waals surface area (Å²) in [6.45, 7) is 0.599. The van der Waals surface area contributed by atoms with Gasteiger partial charge in [-0.3, -0.25) is 0 Å². The Balaban J connectivity index is 1.66. The van der Waals surface area contributed by atoms with Gasteiger partial charge in [0, 0.05) is 11.8 Å². The number of aliphatic hydroxyl groups excluding tert-OH is 1. The predicted molar refractivity (Wildman–Crippen MR) is 84.2 cm³/mol. The quantitative estimate of drug-likeness (QED) is 0.777. The molecule has 0 atom stereocenters. The topological polar surface area (TPSA) is 42.4 Å². The van der Waals surface area contributed by atoms with E-state index in [1.54, 1.807) is 6.20 Å². The first-order chi connectivity index (χ1) is 10.3. The number of hydrogen-bond donors (Lipinski definition) is 1. The van der Waals surface area contributed by atoms with E-state index in [4.69, 9.17) is 9.84 Å². The summed E-state index contributed by atoms with van der Waals surface area (Å²) in [5.41, 5.74) is 2.18. The van der Waals surface area contributed by atoms with E-state index in [1.807, 2.05) is 54.6 Å². The summed E-state index contributed by atoms with van der Waals surface area (Å²) in [5, 5.41) is 9.98. The maximum absolute atomic E-state index is 9.07. The van der Waals surface area contributed by atoms with Crippen LogP contribution < -0.4 is 4.74 Å². The van der Waals surface area contributed by atoms with Gasteiger partial charge in [0.2, 0.25) is 0 Å². The first-order valence-corrected chi connectivity index (χ1v) is 7.49. The minimum atomic E-state index is 0.0376. The van der Waals surface area contributed by atoms with Crippen LogP contribution in [0.4, 0.5) is 0 Å². The molecule has 1 aromatic heterocycles. The van der Waals surface area contributed by atoms with E-state index in [0.717, 1.165) is 26.8 Å². The molecular formula is C17H15NO2S. The van der Waals surface area contributed by atoms with E-state index in [1.165, 1.54) is 11.3 Å². The fourth-order valence-electron chi connectivity index (χ4n) is 1.95. The van der Waals surface area contributed by atoms with Crippen molar-refractivity contribution in [3.05, 3.63) is 71.2 Å². The van der Waals surface area contributed by atoms with E-state index in [2.05, 4.69) is 4.98 Å². The van der Waals surface area contributed by atoms with Gasteiger partial charge in [0.1, 0.15) is 17.4 Å². The molecule has 0 radical (unpaired) electrons. The van der Waals surface area contributed by atoms with Crippen molar-refractivity contribution in [2.24, 2.45) is 0 Å². The fraction of sp³-hybridized carbons (Fsp3) is 0.118. The van der Waals surface area contributed by atoms with Crippen LogP contribution in [0.25, 0.3) is 10.6 Å². The Kier molecular flexibility index (Phi) is 4.28. The van der Waals surface area contributed by atoms with E-state index >= 15 is 0 Å². The summed E-state index contributed by atoms with van der Waals surface area (Å²) >= 11 is 1.50. The highest BCUT2D eigenvalue weighted by Gasteiger charge is 2.04. The van der Waals surface area contributed by atoms with Crippen molar-refractivity contribution in [2.75, 3.05) is 0 Å². The smallest absolute Gasteiger partial charge is 0.123 e. The van der Waals surface area contributed by atoms with Gasteiger partial charge < -0.3 is 9.84 Å². The van der Waals surface area contributed by atoms with Crippen molar-refractivity contribution in [3.63, 3.8) is 0 Å². The van der Waals surface area contributed by atoms with Crippen molar-refractivity contribution >= 4 is 11.3 Å². The van der Waals surface area contributed by atoms with Crippen LogP contribution in [0.3, 0.4) is 0 Å². The Bertz CT molecular complexity index is 692. The molecule has 0 spiro atoms. The largest absolute Gasteiger partial charge is 0.489 e. The third kappa shape index (κ3) is 3.48. The van der Waals surface area contributed by atoms with Gasteiger partial charge in [-0.15, -0.1) is 11.3 Å². The van der Waals surface area contributed by atoms with E-state index in [9.17, 15) is 0 Å². The lowest BCUT2D eigenvalue weighted by atomic mass is 10.2. The van der Waals surface area contributed by atoms with Crippen molar-refractivity contribution in [3.8, 4) is 16.3 Å². The number of nitrogens with zero attached hydrogens (tertiary/aromatic N) is 1.